The highest BCUT2D eigenvalue weighted by atomic mass is 16.5. The first-order chi connectivity index (χ1) is 15.0. The Bertz CT molecular complexity index is 941. The third kappa shape index (κ3) is 4.48. The fourth-order valence-corrected chi connectivity index (χ4v) is 5.54. The summed E-state index contributed by atoms with van der Waals surface area (Å²) in [6, 6.07) is 14.9. The molecule has 5 heteroatoms. The van der Waals surface area contributed by atoms with Crippen molar-refractivity contribution in [2.75, 3.05) is 38.0 Å². The first kappa shape index (κ1) is 20.5. The van der Waals surface area contributed by atoms with Gasteiger partial charge in [-0.15, -0.1) is 0 Å². The lowest BCUT2D eigenvalue weighted by molar-refractivity contribution is -0.0728. The van der Waals surface area contributed by atoms with Crippen LogP contribution in [0.5, 0.6) is 0 Å². The quantitative estimate of drug-likeness (QED) is 0.674. The molecule has 2 amide bonds. The van der Waals surface area contributed by atoms with Crippen LogP contribution < -0.4 is 5.32 Å². The van der Waals surface area contributed by atoms with Gasteiger partial charge in [-0.05, 0) is 73.4 Å². The maximum Gasteiger partial charge on any atom is 0.321 e. The van der Waals surface area contributed by atoms with Gasteiger partial charge in [0.15, 0.2) is 0 Å². The highest BCUT2D eigenvalue weighted by Crippen LogP contribution is 2.37. The molecule has 5 nitrogen and oxygen atoms in total. The number of nitrogens with zero attached hydrogens (tertiary/aromatic N) is 2. The molecule has 2 heterocycles. The maximum atomic E-state index is 12.9. The summed E-state index contributed by atoms with van der Waals surface area (Å²) < 4.78 is 5.85. The number of nitrogens with one attached hydrogen (secondary N) is 1. The second kappa shape index (κ2) is 8.64. The lowest BCUT2D eigenvalue weighted by Gasteiger charge is -2.39. The molecule has 2 atom stereocenters. The molecule has 2 fully saturated rings. The van der Waals surface area contributed by atoms with Crippen LogP contribution in [0.25, 0.3) is 11.1 Å². The Morgan fingerprint density at radius 2 is 1.71 bits per heavy atom. The van der Waals surface area contributed by atoms with E-state index in [-0.39, 0.29) is 6.03 Å². The smallest absolute Gasteiger partial charge is 0.321 e. The number of carbonyl (C=O) groups excluding carboxylic acids is 1. The van der Waals surface area contributed by atoms with E-state index >= 15 is 0 Å². The average Bonchev–Trinajstić information content (AvgIpc) is 3.11. The second-order valence-corrected chi connectivity index (χ2v) is 9.54. The standard InChI is InChI=1S/C26H33N3O2/c1-18-15-28(16-19(2)31-18)17-20-9-11-29(12-10-20)26(30)27-23-7-8-25-22(14-23)13-21-5-3-4-6-24(21)25/h3-8,14,18-20H,9-13,15-17H2,1-2H3,(H,27,30). The number of morpholine rings is 1. The summed E-state index contributed by atoms with van der Waals surface area (Å²) in [5.74, 6) is 0.667. The Balaban J connectivity index is 1.14. The van der Waals surface area contributed by atoms with Gasteiger partial charge in [0, 0.05) is 38.4 Å². The van der Waals surface area contributed by atoms with Crippen LogP contribution >= 0.6 is 0 Å². The fraction of sp³-hybridized carbons (Fsp3) is 0.500. The minimum Gasteiger partial charge on any atom is -0.373 e. The van der Waals surface area contributed by atoms with E-state index in [0.717, 1.165) is 57.7 Å². The molecule has 2 aromatic rings. The summed E-state index contributed by atoms with van der Waals surface area (Å²) in [5.41, 5.74) is 6.18. The van der Waals surface area contributed by atoms with Crippen LogP contribution in [0.3, 0.4) is 0 Å². The molecular weight excluding hydrogens is 386 g/mol. The Morgan fingerprint density at radius 1 is 1.00 bits per heavy atom. The topological polar surface area (TPSA) is 44.8 Å². The first-order valence-corrected chi connectivity index (χ1v) is 11.7. The number of urea groups is 1. The predicted molar refractivity (Wildman–Crippen MR) is 124 cm³/mol. The van der Waals surface area contributed by atoms with E-state index in [1.807, 2.05) is 11.0 Å². The monoisotopic (exact) mass is 419 g/mol. The van der Waals surface area contributed by atoms with E-state index in [2.05, 4.69) is 60.5 Å². The molecule has 3 aliphatic rings. The van der Waals surface area contributed by atoms with E-state index < -0.39 is 0 Å². The number of anilines is 1. The molecule has 5 rings (SSSR count). The van der Waals surface area contributed by atoms with Crippen molar-refractivity contribution in [3.63, 3.8) is 0 Å². The molecule has 2 unspecified atom stereocenters. The van der Waals surface area contributed by atoms with Gasteiger partial charge in [-0.3, -0.25) is 4.90 Å². The maximum absolute atomic E-state index is 12.9. The van der Waals surface area contributed by atoms with Gasteiger partial charge in [-0.25, -0.2) is 4.79 Å². The van der Waals surface area contributed by atoms with Crippen LogP contribution in [-0.4, -0.2) is 60.8 Å². The molecule has 0 aromatic heterocycles. The lowest BCUT2D eigenvalue weighted by atomic mass is 9.96. The molecule has 31 heavy (non-hydrogen) atoms. The first-order valence-electron chi connectivity index (χ1n) is 11.7. The van der Waals surface area contributed by atoms with Crippen LogP contribution in [0.4, 0.5) is 10.5 Å². The van der Waals surface area contributed by atoms with Crippen molar-refractivity contribution < 1.29 is 9.53 Å². The Hall–Kier alpha value is -2.37. The van der Waals surface area contributed by atoms with E-state index in [4.69, 9.17) is 4.74 Å². The molecule has 0 saturated carbocycles. The number of hydrogen-bond donors (Lipinski definition) is 1. The summed E-state index contributed by atoms with van der Waals surface area (Å²) in [6.07, 6.45) is 3.73. The van der Waals surface area contributed by atoms with Crippen molar-refractivity contribution in [2.24, 2.45) is 5.92 Å². The van der Waals surface area contributed by atoms with Crippen molar-refractivity contribution >= 4 is 11.7 Å². The number of carbonyl (C=O) groups is 1. The number of likely N-dealkylation sites (tertiary alicyclic amines) is 1. The Morgan fingerprint density at radius 3 is 2.48 bits per heavy atom. The number of rotatable bonds is 3. The second-order valence-electron chi connectivity index (χ2n) is 9.54. The highest BCUT2D eigenvalue weighted by molar-refractivity contribution is 5.90. The lowest BCUT2D eigenvalue weighted by Crippen LogP contribution is -2.49. The van der Waals surface area contributed by atoms with Crippen molar-refractivity contribution in [1.29, 1.82) is 0 Å². The van der Waals surface area contributed by atoms with Gasteiger partial charge < -0.3 is 15.0 Å². The summed E-state index contributed by atoms with van der Waals surface area (Å²) in [4.78, 5) is 17.4. The number of amides is 2. The average molecular weight is 420 g/mol. The van der Waals surface area contributed by atoms with Crippen LogP contribution in [0.2, 0.25) is 0 Å². The van der Waals surface area contributed by atoms with Crippen LogP contribution in [0.1, 0.15) is 37.8 Å². The van der Waals surface area contributed by atoms with Crippen molar-refractivity contribution in [3.05, 3.63) is 53.6 Å². The molecule has 2 aromatic carbocycles. The molecule has 0 spiro atoms. The third-order valence-electron chi connectivity index (χ3n) is 6.96. The minimum absolute atomic E-state index is 0.0301. The zero-order chi connectivity index (χ0) is 21.4. The predicted octanol–water partition coefficient (Wildman–Crippen LogP) is 4.61. The van der Waals surface area contributed by atoms with E-state index in [9.17, 15) is 4.79 Å². The van der Waals surface area contributed by atoms with Gasteiger partial charge in [0.2, 0.25) is 0 Å². The van der Waals surface area contributed by atoms with Gasteiger partial charge in [-0.1, -0.05) is 30.3 Å². The molecular formula is C26H33N3O2. The van der Waals surface area contributed by atoms with Crippen molar-refractivity contribution in [2.45, 2.75) is 45.3 Å². The number of benzene rings is 2. The van der Waals surface area contributed by atoms with Crippen molar-refractivity contribution in [1.82, 2.24) is 9.80 Å². The fourth-order valence-electron chi connectivity index (χ4n) is 5.54. The van der Waals surface area contributed by atoms with Crippen LogP contribution in [0.15, 0.2) is 42.5 Å². The molecule has 2 aliphatic heterocycles. The molecule has 1 aliphatic carbocycles. The third-order valence-corrected chi connectivity index (χ3v) is 6.96. The normalized spacial score (nSPS) is 24.0. The number of hydrogen-bond acceptors (Lipinski definition) is 3. The van der Waals surface area contributed by atoms with E-state index in [1.165, 1.54) is 22.3 Å². The van der Waals surface area contributed by atoms with E-state index in [0.29, 0.717) is 18.1 Å². The molecule has 0 bridgehead atoms. The number of ether oxygens (including phenoxy) is 1. The Labute approximate surface area is 185 Å². The zero-order valence-electron chi connectivity index (χ0n) is 18.6. The van der Waals surface area contributed by atoms with Gasteiger partial charge in [0.05, 0.1) is 12.2 Å². The number of piperidine rings is 1. The molecule has 164 valence electrons. The van der Waals surface area contributed by atoms with Gasteiger partial charge >= 0.3 is 6.03 Å². The SMILES string of the molecule is CC1CN(CC2CCN(C(=O)Nc3ccc4c(c3)Cc3ccccc3-4)CC2)CC(C)O1. The summed E-state index contributed by atoms with van der Waals surface area (Å²) in [5, 5.41) is 3.14. The summed E-state index contributed by atoms with van der Waals surface area (Å²) in [6.45, 7) is 9.16. The molecule has 1 N–H and O–H groups in total. The highest BCUT2D eigenvalue weighted by Gasteiger charge is 2.28. The van der Waals surface area contributed by atoms with Crippen LogP contribution in [0, 0.1) is 5.92 Å². The van der Waals surface area contributed by atoms with Gasteiger partial charge in [0.25, 0.3) is 0 Å². The van der Waals surface area contributed by atoms with Gasteiger partial charge in [0.1, 0.15) is 0 Å². The summed E-state index contributed by atoms with van der Waals surface area (Å²) in [7, 11) is 0. The van der Waals surface area contributed by atoms with E-state index in [1.54, 1.807) is 0 Å². The summed E-state index contributed by atoms with van der Waals surface area (Å²) >= 11 is 0. The number of fused-ring (bicyclic) bond motifs is 3. The van der Waals surface area contributed by atoms with Crippen molar-refractivity contribution in [3.8, 4) is 11.1 Å². The largest absolute Gasteiger partial charge is 0.373 e. The molecule has 2 saturated heterocycles. The Kier molecular flexibility index (Phi) is 5.72. The van der Waals surface area contributed by atoms with Gasteiger partial charge in [-0.2, -0.15) is 0 Å². The zero-order valence-corrected chi connectivity index (χ0v) is 18.6. The minimum atomic E-state index is 0.0301. The molecule has 0 radical (unpaired) electrons. The van der Waals surface area contributed by atoms with Crippen LogP contribution in [-0.2, 0) is 11.2 Å².